The molecule has 0 fully saturated rings. The van der Waals surface area contributed by atoms with Gasteiger partial charge in [-0.05, 0) is 36.2 Å². The highest BCUT2D eigenvalue weighted by Gasteiger charge is 2.28. The Morgan fingerprint density at radius 2 is 2.05 bits per heavy atom. The number of halogens is 2. The fraction of sp³-hybridized carbons (Fsp3) is 0.250. The summed E-state index contributed by atoms with van der Waals surface area (Å²) in [6, 6.07) is 10.2. The Balaban J connectivity index is 1.96. The van der Waals surface area contributed by atoms with Gasteiger partial charge in [0.15, 0.2) is 0 Å². The van der Waals surface area contributed by atoms with Gasteiger partial charge in [0.1, 0.15) is 17.7 Å². The van der Waals surface area contributed by atoms with Crippen molar-refractivity contribution >= 4 is 15.9 Å². The third-order valence-corrected chi connectivity index (χ3v) is 4.46. The van der Waals surface area contributed by atoms with Crippen LogP contribution in [0.15, 0.2) is 40.9 Å². The molecule has 1 heterocycles. The third kappa shape index (κ3) is 2.45. The monoisotopic (exact) mass is 336 g/mol. The topological polar surface area (TPSA) is 29.5 Å². The van der Waals surface area contributed by atoms with E-state index in [2.05, 4.69) is 15.9 Å². The SMILES string of the molecule is Cc1ccc(C2CC(O)c3ccc(F)cc3O2)cc1Br. The van der Waals surface area contributed by atoms with Crippen molar-refractivity contribution in [2.75, 3.05) is 0 Å². The maximum atomic E-state index is 13.3. The number of ether oxygens (including phenoxy) is 1. The summed E-state index contributed by atoms with van der Waals surface area (Å²) in [5.41, 5.74) is 2.75. The molecule has 2 aromatic carbocycles. The van der Waals surface area contributed by atoms with E-state index < -0.39 is 6.10 Å². The highest BCUT2D eigenvalue weighted by molar-refractivity contribution is 9.10. The summed E-state index contributed by atoms with van der Waals surface area (Å²) in [6.45, 7) is 2.01. The quantitative estimate of drug-likeness (QED) is 0.833. The lowest BCUT2D eigenvalue weighted by Crippen LogP contribution is -2.19. The fourth-order valence-corrected chi connectivity index (χ4v) is 2.83. The van der Waals surface area contributed by atoms with Gasteiger partial charge in [0.25, 0.3) is 0 Å². The number of aliphatic hydroxyl groups excluding tert-OH is 1. The average Bonchev–Trinajstić information content (AvgIpc) is 2.41. The molecule has 0 spiro atoms. The van der Waals surface area contributed by atoms with Gasteiger partial charge in [0.2, 0.25) is 0 Å². The second-order valence-corrected chi connectivity index (χ2v) is 5.90. The molecular formula is C16H14BrFO2. The van der Waals surface area contributed by atoms with Gasteiger partial charge in [-0.15, -0.1) is 0 Å². The first kappa shape index (κ1) is 13.6. The van der Waals surface area contributed by atoms with E-state index in [1.807, 2.05) is 25.1 Å². The Hall–Kier alpha value is -1.39. The summed E-state index contributed by atoms with van der Waals surface area (Å²) in [6.07, 6.45) is -0.436. The predicted octanol–water partition coefficient (Wildman–Crippen LogP) is 4.45. The highest BCUT2D eigenvalue weighted by Crippen LogP contribution is 2.41. The van der Waals surface area contributed by atoms with Crippen molar-refractivity contribution in [2.45, 2.75) is 25.6 Å². The summed E-state index contributed by atoms with van der Waals surface area (Å²) in [4.78, 5) is 0. The molecule has 1 aliphatic heterocycles. The van der Waals surface area contributed by atoms with Crippen LogP contribution < -0.4 is 4.74 Å². The van der Waals surface area contributed by atoms with Crippen molar-refractivity contribution in [1.82, 2.24) is 0 Å². The van der Waals surface area contributed by atoms with Gasteiger partial charge in [-0.2, -0.15) is 0 Å². The Morgan fingerprint density at radius 3 is 2.80 bits per heavy atom. The van der Waals surface area contributed by atoms with Crippen LogP contribution in [0, 0.1) is 12.7 Å². The predicted molar refractivity (Wildman–Crippen MR) is 78.2 cm³/mol. The smallest absolute Gasteiger partial charge is 0.128 e. The van der Waals surface area contributed by atoms with Crippen molar-refractivity contribution in [2.24, 2.45) is 0 Å². The molecule has 0 amide bonds. The molecular weight excluding hydrogens is 323 g/mol. The van der Waals surface area contributed by atoms with Crippen LogP contribution in [0.3, 0.4) is 0 Å². The van der Waals surface area contributed by atoms with Crippen LogP contribution in [0.25, 0.3) is 0 Å². The molecule has 2 nitrogen and oxygen atoms in total. The zero-order valence-electron chi connectivity index (χ0n) is 10.9. The standard InChI is InChI=1S/C16H14BrFO2/c1-9-2-3-10(6-13(9)17)15-8-14(19)12-5-4-11(18)7-16(12)20-15/h2-7,14-15,19H,8H2,1H3. The maximum absolute atomic E-state index is 13.3. The normalized spacial score (nSPS) is 21.2. The van der Waals surface area contributed by atoms with Gasteiger partial charge in [0.05, 0.1) is 6.10 Å². The lowest BCUT2D eigenvalue weighted by molar-refractivity contribution is 0.0653. The zero-order chi connectivity index (χ0) is 14.3. The minimum atomic E-state index is -0.635. The van der Waals surface area contributed by atoms with Gasteiger partial charge in [-0.25, -0.2) is 4.39 Å². The van der Waals surface area contributed by atoms with Crippen molar-refractivity contribution in [1.29, 1.82) is 0 Å². The number of hydrogen-bond acceptors (Lipinski definition) is 2. The number of aryl methyl sites for hydroxylation is 1. The molecule has 0 saturated heterocycles. The summed E-state index contributed by atoms with van der Waals surface area (Å²) in [7, 11) is 0. The van der Waals surface area contributed by atoms with E-state index in [0.29, 0.717) is 17.7 Å². The van der Waals surface area contributed by atoms with E-state index in [9.17, 15) is 9.50 Å². The number of hydrogen-bond donors (Lipinski definition) is 1. The van der Waals surface area contributed by atoms with E-state index >= 15 is 0 Å². The first-order chi connectivity index (χ1) is 9.54. The van der Waals surface area contributed by atoms with Crippen LogP contribution in [-0.4, -0.2) is 5.11 Å². The van der Waals surface area contributed by atoms with E-state index in [-0.39, 0.29) is 11.9 Å². The minimum absolute atomic E-state index is 0.267. The Bertz CT molecular complexity index is 657. The van der Waals surface area contributed by atoms with Crippen molar-refractivity contribution in [3.63, 3.8) is 0 Å². The van der Waals surface area contributed by atoms with Crippen LogP contribution >= 0.6 is 15.9 Å². The molecule has 104 valence electrons. The molecule has 0 bridgehead atoms. The molecule has 0 aromatic heterocycles. The molecule has 0 radical (unpaired) electrons. The van der Waals surface area contributed by atoms with Crippen LogP contribution in [-0.2, 0) is 0 Å². The first-order valence-electron chi connectivity index (χ1n) is 6.45. The summed E-state index contributed by atoms with van der Waals surface area (Å²) in [5.74, 6) is 0.0622. The molecule has 20 heavy (non-hydrogen) atoms. The average molecular weight is 337 g/mol. The number of aliphatic hydroxyl groups is 1. The third-order valence-electron chi connectivity index (χ3n) is 3.61. The van der Waals surface area contributed by atoms with E-state index in [0.717, 1.165) is 15.6 Å². The molecule has 2 atom stereocenters. The molecule has 1 aliphatic rings. The van der Waals surface area contributed by atoms with Crippen LogP contribution in [0.2, 0.25) is 0 Å². The van der Waals surface area contributed by atoms with Gasteiger partial charge in [0, 0.05) is 22.5 Å². The largest absolute Gasteiger partial charge is 0.485 e. The van der Waals surface area contributed by atoms with E-state index in [1.54, 1.807) is 6.07 Å². The molecule has 1 N–H and O–H groups in total. The van der Waals surface area contributed by atoms with Gasteiger partial charge in [-0.3, -0.25) is 0 Å². The second-order valence-electron chi connectivity index (χ2n) is 5.05. The summed E-state index contributed by atoms with van der Waals surface area (Å²) < 4.78 is 20.1. The van der Waals surface area contributed by atoms with Crippen LogP contribution in [0.5, 0.6) is 5.75 Å². The van der Waals surface area contributed by atoms with Gasteiger partial charge < -0.3 is 9.84 Å². The Kier molecular flexibility index (Phi) is 3.52. The Labute approximate surface area is 125 Å². The lowest BCUT2D eigenvalue weighted by Gasteiger charge is -2.30. The molecule has 0 aliphatic carbocycles. The van der Waals surface area contributed by atoms with Gasteiger partial charge >= 0.3 is 0 Å². The maximum Gasteiger partial charge on any atom is 0.128 e. The summed E-state index contributed by atoms with van der Waals surface area (Å²) in [5, 5.41) is 10.2. The van der Waals surface area contributed by atoms with Crippen molar-refractivity contribution < 1.29 is 14.2 Å². The molecule has 0 saturated carbocycles. The van der Waals surface area contributed by atoms with E-state index in [1.165, 1.54) is 12.1 Å². The van der Waals surface area contributed by atoms with Crippen molar-refractivity contribution in [3.8, 4) is 5.75 Å². The van der Waals surface area contributed by atoms with Crippen LogP contribution in [0.1, 0.15) is 35.3 Å². The highest BCUT2D eigenvalue weighted by atomic mass is 79.9. The van der Waals surface area contributed by atoms with Crippen LogP contribution in [0.4, 0.5) is 4.39 Å². The number of fused-ring (bicyclic) bond motifs is 1. The Morgan fingerprint density at radius 1 is 1.25 bits per heavy atom. The lowest BCUT2D eigenvalue weighted by atomic mass is 9.94. The van der Waals surface area contributed by atoms with E-state index in [4.69, 9.17) is 4.74 Å². The fourth-order valence-electron chi connectivity index (χ4n) is 2.43. The van der Waals surface area contributed by atoms with Crippen molar-refractivity contribution in [3.05, 3.63) is 63.4 Å². The minimum Gasteiger partial charge on any atom is -0.485 e. The molecule has 3 rings (SSSR count). The first-order valence-corrected chi connectivity index (χ1v) is 7.24. The zero-order valence-corrected chi connectivity index (χ0v) is 12.5. The summed E-state index contributed by atoms with van der Waals surface area (Å²) >= 11 is 3.49. The molecule has 4 heteroatoms. The molecule has 2 unspecified atom stereocenters. The van der Waals surface area contributed by atoms with Gasteiger partial charge in [-0.1, -0.05) is 28.1 Å². The molecule has 2 aromatic rings. The second kappa shape index (κ2) is 5.19. The number of rotatable bonds is 1. The number of benzene rings is 2.